The quantitative estimate of drug-likeness (QED) is 0.416. The molecule has 0 atom stereocenters. The van der Waals surface area contributed by atoms with Crippen molar-refractivity contribution in [1.29, 1.82) is 0 Å². The number of hydrogen-bond acceptors (Lipinski definition) is 5. The van der Waals surface area contributed by atoms with Crippen molar-refractivity contribution < 1.29 is 13.9 Å². The third-order valence-electron chi connectivity index (χ3n) is 5.61. The normalized spacial score (nSPS) is 13.0. The highest BCUT2D eigenvalue weighted by Crippen LogP contribution is 2.35. The molecule has 4 aromatic rings. The SMILES string of the molecule is CCc1cc(=O)oc2c3c(ccc12)OCN(c1ccc(OCc2ccccc2)cc1)C3. The fourth-order valence-corrected chi connectivity index (χ4v) is 3.95. The summed E-state index contributed by atoms with van der Waals surface area (Å²) >= 11 is 0. The van der Waals surface area contributed by atoms with Crippen molar-refractivity contribution in [1.82, 2.24) is 0 Å². The molecule has 1 aromatic heterocycles. The lowest BCUT2D eigenvalue weighted by Crippen LogP contribution is -2.32. The molecule has 1 aliphatic rings. The van der Waals surface area contributed by atoms with Gasteiger partial charge in [-0.3, -0.25) is 0 Å². The monoisotopic (exact) mass is 413 g/mol. The maximum Gasteiger partial charge on any atom is 0.336 e. The Bertz CT molecular complexity index is 1260. The Kier molecular flexibility index (Phi) is 5.08. The van der Waals surface area contributed by atoms with Gasteiger partial charge in [-0.2, -0.15) is 0 Å². The van der Waals surface area contributed by atoms with E-state index in [0.29, 0.717) is 25.5 Å². The minimum Gasteiger partial charge on any atom is -0.489 e. The molecule has 0 radical (unpaired) electrons. The molecule has 0 saturated heterocycles. The van der Waals surface area contributed by atoms with E-state index in [1.165, 1.54) is 0 Å². The molecule has 0 bridgehead atoms. The van der Waals surface area contributed by atoms with Gasteiger partial charge in [0.2, 0.25) is 0 Å². The lowest BCUT2D eigenvalue weighted by Gasteiger charge is -2.31. The highest BCUT2D eigenvalue weighted by Gasteiger charge is 2.22. The van der Waals surface area contributed by atoms with E-state index in [0.717, 1.165) is 45.7 Å². The van der Waals surface area contributed by atoms with Crippen LogP contribution in [0.25, 0.3) is 11.0 Å². The van der Waals surface area contributed by atoms with Gasteiger partial charge in [0, 0.05) is 17.1 Å². The Labute approximate surface area is 180 Å². The minimum atomic E-state index is -0.324. The first-order valence-corrected chi connectivity index (χ1v) is 10.4. The van der Waals surface area contributed by atoms with Gasteiger partial charge in [0.1, 0.15) is 23.7 Å². The molecule has 1 aliphatic heterocycles. The van der Waals surface area contributed by atoms with Gasteiger partial charge in [0.15, 0.2) is 6.73 Å². The van der Waals surface area contributed by atoms with E-state index in [4.69, 9.17) is 13.9 Å². The van der Waals surface area contributed by atoms with Crippen LogP contribution < -0.4 is 20.0 Å². The van der Waals surface area contributed by atoms with Crippen LogP contribution in [0.1, 0.15) is 23.6 Å². The molecule has 0 amide bonds. The number of rotatable bonds is 5. The van der Waals surface area contributed by atoms with E-state index in [2.05, 4.69) is 4.90 Å². The summed E-state index contributed by atoms with van der Waals surface area (Å²) in [4.78, 5) is 14.2. The summed E-state index contributed by atoms with van der Waals surface area (Å²) < 4.78 is 17.5. The summed E-state index contributed by atoms with van der Waals surface area (Å²) in [5, 5.41) is 0.968. The highest BCUT2D eigenvalue weighted by atomic mass is 16.5. The molecule has 0 spiro atoms. The lowest BCUT2D eigenvalue weighted by atomic mass is 10.0. The first-order valence-electron chi connectivity index (χ1n) is 10.4. The third kappa shape index (κ3) is 3.87. The van der Waals surface area contributed by atoms with Crippen molar-refractivity contribution in [3.8, 4) is 11.5 Å². The molecule has 5 nitrogen and oxygen atoms in total. The largest absolute Gasteiger partial charge is 0.489 e. The van der Waals surface area contributed by atoms with Gasteiger partial charge >= 0.3 is 5.63 Å². The molecule has 0 unspecified atom stereocenters. The van der Waals surface area contributed by atoms with Gasteiger partial charge in [-0.15, -0.1) is 0 Å². The number of hydrogen-bond donors (Lipinski definition) is 0. The van der Waals surface area contributed by atoms with E-state index in [9.17, 15) is 4.79 Å². The molecule has 2 heterocycles. The van der Waals surface area contributed by atoms with E-state index in [1.807, 2.05) is 73.7 Å². The molecule has 31 heavy (non-hydrogen) atoms. The molecule has 0 fully saturated rings. The second-order valence-electron chi connectivity index (χ2n) is 7.60. The van der Waals surface area contributed by atoms with Crippen molar-refractivity contribution in [3.63, 3.8) is 0 Å². The van der Waals surface area contributed by atoms with Crippen LogP contribution in [0.3, 0.4) is 0 Å². The van der Waals surface area contributed by atoms with Crippen LogP contribution in [-0.4, -0.2) is 6.73 Å². The van der Waals surface area contributed by atoms with Crippen LogP contribution in [0.2, 0.25) is 0 Å². The smallest absolute Gasteiger partial charge is 0.336 e. The molecule has 156 valence electrons. The molecule has 3 aromatic carbocycles. The predicted molar refractivity (Wildman–Crippen MR) is 121 cm³/mol. The van der Waals surface area contributed by atoms with Crippen molar-refractivity contribution in [2.75, 3.05) is 11.6 Å². The van der Waals surface area contributed by atoms with Crippen molar-refractivity contribution in [2.24, 2.45) is 0 Å². The fraction of sp³-hybridized carbons (Fsp3) is 0.192. The standard InChI is InChI=1S/C26H23NO4/c1-2-19-14-25(28)31-26-22(19)12-13-24-23(26)15-27(17-30-24)20-8-10-21(11-9-20)29-16-18-6-4-3-5-7-18/h3-14H,2,15-17H2,1H3. The maximum atomic E-state index is 12.1. The summed E-state index contributed by atoms with van der Waals surface area (Å²) in [6, 6.07) is 23.6. The zero-order valence-corrected chi connectivity index (χ0v) is 17.3. The zero-order chi connectivity index (χ0) is 21.2. The Morgan fingerprint density at radius 2 is 1.81 bits per heavy atom. The van der Waals surface area contributed by atoms with Crippen molar-refractivity contribution in [3.05, 3.63) is 99.9 Å². The Balaban J connectivity index is 1.37. The summed E-state index contributed by atoms with van der Waals surface area (Å²) in [7, 11) is 0. The number of anilines is 1. The first-order chi connectivity index (χ1) is 15.2. The Hall–Kier alpha value is -3.73. The summed E-state index contributed by atoms with van der Waals surface area (Å²) in [5.74, 6) is 1.58. The van der Waals surface area contributed by atoms with Gasteiger partial charge in [0.05, 0.1) is 12.1 Å². The van der Waals surface area contributed by atoms with Crippen LogP contribution >= 0.6 is 0 Å². The number of benzene rings is 3. The predicted octanol–water partition coefficient (Wildman–Crippen LogP) is 5.29. The topological polar surface area (TPSA) is 51.9 Å². The minimum absolute atomic E-state index is 0.324. The van der Waals surface area contributed by atoms with Gasteiger partial charge in [-0.25, -0.2) is 4.79 Å². The number of ether oxygens (including phenoxy) is 2. The van der Waals surface area contributed by atoms with E-state index in [1.54, 1.807) is 6.07 Å². The lowest BCUT2D eigenvalue weighted by molar-refractivity contribution is 0.288. The number of fused-ring (bicyclic) bond motifs is 3. The van der Waals surface area contributed by atoms with Crippen LogP contribution in [0.5, 0.6) is 11.5 Å². The first kappa shape index (κ1) is 19.2. The third-order valence-corrected chi connectivity index (χ3v) is 5.61. The van der Waals surface area contributed by atoms with Gasteiger partial charge in [0.25, 0.3) is 0 Å². The average Bonchev–Trinajstić information content (AvgIpc) is 2.83. The van der Waals surface area contributed by atoms with Gasteiger partial charge in [-0.1, -0.05) is 37.3 Å². The van der Waals surface area contributed by atoms with Crippen LogP contribution in [0, 0.1) is 0 Å². The molecular weight excluding hydrogens is 390 g/mol. The Morgan fingerprint density at radius 3 is 2.58 bits per heavy atom. The Morgan fingerprint density at radius 1 is 1.00 bits per heavy atom. The van der Waals surface area contributed by atoms with Crippen molar-refractivity contribution >= 4 is 16.7 Å². The molecule has 0 N–H and O–H groups in total. The second-order valence-corrected chi connectivity index (χ2v) is 7.60. The van der Waals surface area contributed by atoms with Crippen LogP contribution in [0.4, 0.5) is 5.69 Å². The molecule has 0 aliphatic carbocycles. The molecule has 5 rings (SSSR count). The highest BCUT2D eigenvalue weighted by molar-refractivity contribution is 5.85. The van der Waals surface area contributed by atoms with Crippen LogP contribution in [0.15, 0.2) is 82.0 Å². The second kappa shape index (κ2) is 8.19. The number of nitrogens with zero attached hydrogens (tertiary/aromatic N) is 1. The summed E-state index contributed by atoms with van der Waals surface area (Å²) in [6.07, 6.45) is 0.774. The average molecular weight is 413 g/mol. The molecule has 5 heteroatoms. The maximum absolute atomic E-state index is 12.1. The van der Waals surface area contributed by atoms with Gasteiger partial charge < -0.3 is 18.8 Å². The van der Waals surface area contributed by atoms with Crippen molar-refractivity contribution in [2.45, 2.75) is 26.5 Å². The summed E-state index contributed by atoms with van der Waals surface area (Å²) in [6.45, 7) is 3.61. The van der Waals surface area contributed by atoms with E-state index < -0.39 is 0 Å². The zero-order valence-electron chi connectivity index (χ0n) is 17.3. The fourth-order valence-electron chi connectivity index (χ4n) is 3.95. The van der Waals surface area contributed by atoms with Gasteiger partial charge in [-0.05, 0) is 53.9 Å². The van der Waals surface area contributed by atoms with E-state index in [-0.39, 0.29) is 5.63 Å². The summed E-state index contributed by atoms with van der Waals surface area (Å²) in [5.41, 5.74) is 4.34. The molecular formula is C26H23NO4. The van der Waals surface area contributed by atoms with Crippen LogP contribution in [-0.2, 0) is 19.6 Å². The number of aryl methyl sites for hydroxylation is 1. The van der Waals surface area contributed by atoms with E-state index >= 15 is 0 Å². The molecule has 0 saturated carbocycles.